The van der Waals surface area contributed by atoms with Crippen LogP contribution in [0.4, 0.5) is 19.8 Å². The van der Waals surface area contributed by atoms with E-state index in [4.69, 9.17) is 14.5 Å². The van der Waals surface area contributed by atoms with Crippen molar-refractivity contribution in [3.8, 4) is 6.01 Å². The lowest BCUT2D eigenvalue weighted by molar-refractivity contribution is 0.0484. The number of nitrogens with zero attached hydrogens (tertiary/aromatic N) is 5. The van der Waals surface area contributed by atoms with Crippen LogP contribution >= 0.6 is 15.9 Å². The van der Waals surface area contributed by atoms with Crippen molar-refractivity contribution >= 4 is 44.8 Å². The van der Waals surface area contributed by atoms with Crippen molar-refractivity contribution in [3.63, 3.8) is 0 Å². The Morgan fingerprint density at radius 3 is 2.83 bits per heavy atom. The van der Waals surface area contributed by atoms with E-state index in [1.807, 2.05) is 6.07 Å². The monoisotopic (exact) mass is 619 g/mol. The van der Waals surface area contributed by atoms with Gasteiger partial charge in [0.2, 0.25) is 0 Å². The summed E-state index contributed by atoms with van der Waals surface area (Å²) in [7, 11) is 3.35. The van der Waals surface area contributed by atoms with Crippen LogP contribution < -0.4 is 20.3 Å². The molecule has 1 aromatic carbocycles. The quantitative estimate of drug-likeness (QED) is 0.507. The number of rotatable bonds is 6. The first kappa shape index (κ1) is 27.3. The molecule has 4 saturated heterocycles. The smallest absolute Gasteiger partial charge is 0.409 e. The highest BCUT2D eigenvalue weighted by Gasteiger charge is 2.50. The highest BCUT2D eigenvalue weighted by atomic mass is 79.9. The Kier molecular flexibility index (Phi) is 7.14. The Morgan fingerprint density at radius 1 is 1.23 bits per heavy atom. The summed E-state index contributed by atoms with van der Waals surface area (Å²) < 4.78 is 27.5. The molecule has 0 radical (unpaired) electrons. The summed E-state index contributed by atoms with van der Waals surface area (Å²) in [4.78, 5) is 39.2. The Balaban J connectivity index is 1.25. The number of carbonyl (C=O) groups is 2. The largest absolute Gasteiger partial charge is 0.461 e. The molecule has 4 aliphatic rings. The van der Waals surface area contributed by atoms with Crippen LogP contribution in [-0.4, -0.2) is 102 Å². The van der Waals surface area contributed by atoms with E-state index in [2.05, 4.69) is 41.3 Å². The van der Waals surface area contributed by atoms with Crippen LogP contribution in [0, 0.1) is 5.82 Å². The van der Waals surface area contributed by atoms with Crippen LogP contribution in [0.2, 0.25) is 0 Å². The number of aromatic nitrogens is 2. The zero-order chi connectivity index (χ0) is 28.1. The lowest BCUT2D eigenvalue weighted by Crippen LogP contribution is -2.56. The third-order valence-corrected chi connectivity index (χ3v) is 9.44. The summed E-state index contributed by atoms with van der Waals surface area (Å²) in [6, 6.07) is 3.59. The molecular weight excluding hydrogens is 585 g/mol. The molecule has 4 aliphatic heterocycles. The molecule has 40 heavy (non-hydrogen) atoms. The van der Waals surface area contributed by atoms with Gasteiger partial charge in [0.1, 0.15) is 24.5 Å². The van der Waals surface area contributed by atoms with Crippen molar-refractivity contribution in [3.05, 3.63) is 22.4 Å². The molecule has 2 aromatic rings. The third-order valence-electron chi connectivity index (χ3n) is 8.83. The first-order valence-corrected chi connectivity index (χ1v) is 14.7. The first-order valence-electron chi connectivity index (χ1n) is 13.9. The summed E-state index contributed by atoms with van der Waals surface area (Å²) in [6.07, 6.45) is 5.20. The Labute approximate surface area is 240 Å². The van der Waals surface area contributed by atoms with Gasteiger partial charge in [-0.05, 0) is 73.1 Å². The molecule has 3 atom stereocenters. The van der Waals surface area contributed by atoms with Crippen molar-refractivity contribution in [2.45, 2.75) is 55.6 Å². The van der Waals surface area contributed by atoms with E-state index in [9.17, 15) is 9.59 Å². The molecule has 2 N–H and O–H groups in total. The maximum atomic E-state index is 15.4. The zero-order valence-corrected chi connectivity index (χ0v) is 24.4. The van der Waals surface area contributed by atoms with Gasteiger partial charge in [-0.15, -0.1) is 0 Å². The predicted octanol–water partition coefficient (Wildman–Crippen LogP) is 3.26. The first-order chi connectivity index (χ1) is 19.2. The minimum absolute atomic E-state index is 0.135. The molecule has 216 valence electrons. The maximum Gasteiger partial charge on any atom is 0.409 e. The van der Waals surface area contributed by atoms with Crippen molar-refractivity contribution in [2.24, 2.45) is 0 Å². The molecule has 0 saturated carbocycles. The van der Waals surface area contributed by atoms with Gasteiger partial charge in [-0.3, -0.25) is 4.90 Å². The fourth-order valence-corrected chi connectivity index (χ4v) is 7.15. The minimum Gasteiger partial charge on any atom is -0.461 e. The number of benzene rings is 1. The van der Waals surface area contributed by atoms with E-state index in [1.54, 1.807) is 20.2 Å². The van der Waals surface area contributed by atoms with E-state index in [-0.39, 0.29) is 40.8 Å². The Hall–Kier alpha value is -2.93. The lowest BCUT2D eigenvalue weighted by Gasteiger charge is -2.40. The standard InChI is InChI=1S/C27H35BrFN7O4/c1-34(2)25(38)39-13-17-7-10-27(9-4-12-36(17)27)16-40-24-31-21-18(5-6-19(28)20(21)29)22(32-24)35-11-3-8-26(15-35)14-30-23(37)33-26/h5-6,17H,3-4,7-16H2,1-2H3,(H2,30,33,37)/t17-,26?,27+/m0/s1. The van der Waals surface area contributed by atoms with Crippen molar-refractivity contribution < 1.29 is 23.5 Å². The summed E-state index contributed by atoms with van der Waals surface area (Å²) in [5, 5.41) is 6.56. The van der Waals surface area contributed by atoms with E-state index in [1.165, 1.54) is 4.90 Å². The fraction of sp³-hybridized carbons (Fsp3) is 0.630. The van der Waals surface area contributed by atoms with E-state index >= 15 is 4.39 Å². The van der Waals surface area contributed by atoms with Gasteiger partial charge in [0, 0.05) is 45.2 Å². The molecule has 1 unspecified atom stereocenters. The fourth-order valence-electron chi connectivity index (χ4n) is 6.83. The van der Waals surface area contributed by atoms with Gasteiger partial charge in [0.25, 0.3) is 0 Å². The van der Waals surface area contributed by atoms with Crippen LogP contribution in [0.3, 0.4) is 0 Å². The number of urea groups is 1. The number of ether oxygens (including phenoxy) is 2. The molecule has 0 aliphatic carbocycles. The van der Waals surface area contributed by atoms with Crippen LogP contribution in [0.1, 0.15) is 38.5 Å². The van der Waals surface area contributed by atoms with Gasteiger partial charge >= 0.3 is 18.1 Å². The Bertz CT molecular complexity index is 1330. The Morgan fingerprint density at radius 2 is 2.05 bits per heavy atom. The summed E-state index contributed by atoms with van der Waals surface area (Å²) in [6.45, 7) is 3.45. The van der Waals surface area contributed by atoms with Gasteiger partial charge in [0.15, 0.2) is 5.82 Å². The molecule has 4 fully saturated rings. The summed E-state index contributed by atoms with van der Waals surface area (Å²) in [5.41, 5.74) is -0.388. The SMILES string of the molecule is CN(C)C(=O)OC[C@@H]1CC[C@@]2(COc3nc(N4CCCC5(CNC(=O)N5)C4)c4ccc(Br)c(F)c4n3)CCCN12. The second-order valence-corrected chi connectivity index (χ2v) is 12.5. The maximum absolute atomic E-state index is 15.4. The predicted molar refractivity (Wildman–Crippen MR) is 150 cm³/mol. The normalized spacial score (nSPS) is 28.1. The van der Waals surface area contributed by atoms with Gasteiger partial charge in [-0.25, -0.2) is 14.0 Å². The number of anilines is 1. The topological polar surface area (TPSA) is 112 Å². The molecule has 11 nitrogen and oxygen atoms in total. The summed E-state index contributed by atoms with van der Waals surface area (Å²) >= 11 is 3.29. The van der Waals surface area contributed by atoms with Crippen molar-refractivity contribution in [2.75, 3.05) is 58.4 Å². The van der Waals surface area contributed by atoms with E-state index in [0.717, 1.165) is 51.6 Å². The van der Waals surface area contributed by atoms with Gasteiger partial charge in [-0.2, -0.15) is 9.97 Å². The third kappa shape index (κ3) is 4.91. The number of nitrogens with one attached hydrogen (secondary N) is 2. The van der Waals surface area contributed by atoms with Gasteiger partial charge in [-0.1, -0.05) is 0 Å². The highest BCUT2D eigenvalue weighted by Crippen LogP contribution is 2.43. The molecule has 0 bridgehead atoms. The average Bonchev–Trinajstić information content (AvgIpc) is 3.61. The molecule has 1 aromatic heterocycles. The summed E-state index contributed by atoms with van der Waals surface area (Å²) in [5.74, 6) is 0.144. The van der Waals surface area contributed by atoms with Crippen molar-refractivity contribution in [1.29, 1.82) is 0 Å². The molecule has 13 heteroatoms. The van der Waals surface area contributed by atoms with E-state index in [0.29, 0.717) is 42.0 Å². The number of hydrogen-bond donors (Lipinski definition) is 2. The lowest BCUT2D eigenvalue weighted by atomic mass is 9.90. The number of piperidine rings is 1. The number of carbonyl (C=O) groups excluding carboxylic acids is 2. The minimum atomic E-state index is -0.460. The molecule has 6 rings (SSSR count). The molecule has 5 heterocycles. The molecule has 1 spiro atoms. The zero-order valence-electron chi connectivity index (χ0n) is 22.8. The van der Waals surface area contributed by atoms with Gasteiger partial charge < -0.3 is 29.9 Å². The number of hydrogen-bond acceptors (Lipinski definition) is 8. The molecular formula is C27H35BrFN7O4. The van der Waals surface area contributed by atoms with Crippen LogP contribution in [0.15, 0.2) is 16.6 Å². The van der Waals surface area contributed by atoms with Crippen LogP contribution in [0.5, 0.6) is 6.01 Å². The van der Waals surface area contributed by atoms with E-state index < -0.39 is 5.82 Å². The van der Waals surface area contributed by atoms with Gasteiger partial charge in [0.05, 0.1) is 15.6 Å². The van der Waals surface area contributed by atoms with Crippen molar-refractivity contribution in [1.82, 2.24) is 30.4 Å². The average molecular weight is 621 g/mol. The van der Waals surface area contributed by atoms with Crippen LogP contribution in [-0.2, 0) is 4.74 Å². The molecule has 3 amide bonds. The number of amides is 3. The number of fused-ring (bicyclic) bond motifs is 2. The van der Waals surface area contributed by atoms with Crippen LogP contribution in [0.25, 0.3) is 10.9 Å². The highest BCUT2D eigenvalue weighted by molar-refractivity contribution is 9.10. The second-order valence-electron chi connectivity index (χ2n) is 11.7. The number of halogens is 2. The second kappa shape index (κ2) is 10.5.